The van der Waals surface area contributed by atoms with Gasteiger partial charge in [-0.2, -0.15) is 5.10 Å². The van der Waals surface area contributed by atoms with Gasteiger partial charge in [0, 0.05) is 16.6 Å². The molecule has 0 aliphatic rings. The van der Waals surface area contributed by atoms with Gasteiger partial charge >= 0.3 is 11.8 Å². The predicted octanol–water partition coefficient (Wildman–Crippen LogP) is 2.86. The fourth-order valence-electron chi connectivity index (χ4n) is 2.02. The van der Waals surface area contributed by atoms with Crippen LogP contribution >= 0.6 is 23.2 Å². The Hall–Kier alpha value is -2.77. The van der Waals surface area contributed by atoms with Gasteiger partial charge in [-0.25, -0.2) is 5.43 Å². The third-order valence-corrected chi connectivity index (χ3v) is 3.91. The van der Waals surface area contributed by atoms with Gasteiger partial charge in [0.25, 0.3) is 0 Å². The van der Waals surface area contributed by atoms with E-state index in [0.717, 1.165) is 0 Å². The average Bonchev–Trinajstić information content (AvgIpc) is 2.63. The third kappa shape index (κ3) is 6.16. The van der Waals surface area contributed by atoms with Gasteiger partial charge in [0.05, 0.1) is 12.8 Å². The SMILES string of the molecule is CCOc1cc(C=NNC(=O)C(=O)NCc2ccc(Cl)cc2Cl)ccc1O. The average molecular weight is 410 g/mol. The minimum atomic E-state index is -0.930. The molecule has 0 atom stereocenters. The molecule has 0 aliphatic carbocycles. The minimum absolute atomic E-state index is 0.00160. The Bertz CT molecular complexity index is 872. The number of carbonyl (C=O) groups is 2. The molecule has 0 unspecified atom stereocenters. The van der Waals surface area contributed by atoms with Crippen molar-refractivity contribution in [2.75, 3.05) is 6.61 Å². The maximum atomic E-state index is 11.8. The molecular weight excluding hydrogens is 393 g/mol. The van der Waals surface area contributed by atoms with Crippen LogP contribution in [-0.4, -0.2) is 29.7 Å². The zero-order valence-electron chi connectivity index (χ0n) is 14.3. The van der Waals surface area contributed by atoms with E-state index >= 15 is 0 Å². The van der Waals surface area contributed by atoms with Crippen molar-refractivity contribution in [3.8, 4) is 11.5 Å². The number of hydrogen-bond donors (Lipinski definition) is 3. The van der Waals surface area contributed by atoms with Crippen molar-refractivity contribution in [1.82, 2.24) is 10.7 Å². The van der Waals surface area contributed by atoms with E-state index < -0.39 is 11.8 Å². The molecule has 0 aromatic heterocycles. The van der Waals surface area contributed by atoms with E-state index in [1.807, 2.05) is 0 Å². The van der Waals surface area contributed by atoms with E-state index in [9.17, 15) is 14.7 Å². The van der Waals surface area contributed by atoms with Crippen LogP contribution < -0.4 is 15.5 Å². The van der Waals surface area contributed by atoms with Gasteiger partial charge < -0.3 is 15.2 Å². The summed E-state index contributed by atoms with van der Waals surface area (Å²) < 4.78 is 5.25. The second kappa shape index (κ2) is 9.80. The number of hydrazone groups is 1. The van der Waals surface area contributed by atoms with Crippen LogP contribution in [0.2, 0.25) is 10.0 Å². The molecule has 0 saturated carbocycles. The molecule has 0 fully saturated rings. The summed E-state index contributed by atoms with van der Waals surface area (Å²) in [6, 6.07) is 9.41. The highest BCUT2D eigenvalue weighted by Crippen LogP contribution is 2.26. The molecule has 0 bridgehead atoms. The fraction of sp³-hybridized carbons (Fsp3) is 0.167. The maximum Gasteiger partial charge on any atom is 0.329 e. The van der Waals surface area contributed by atoms with Gasteiger partial charge in [-0.3, -0.25) is 9.59 Å². The predicted molar refractivity (Wildman–Crippen MR) is 103 cm³/mol. The summed E-state index contributed by atoms with van der Waals surface area (Å²) in [6.45, 7) is 2.25. The molecule has 3 N–H and O–H groups in total. The molecule has 0 spiro atoms. The summed E-state index contributed by atoms with van der Waals surface area (Å²) in [5.41, 5.74) is 3.32. The monoisotopic (exact) mass is 409 g/mol. The molecule has 0 radical (unpaired) electrons. The lowest BCUT2D eigenvalue weighted by molar-refractivity contribution is -0.139. The molecule has 7 nitrogen and oxygen atoms in total. The van der Waals surface area contributed by atoms with Crippen LogP contribution in [-0.2, 0) is 16.1 Å². The molecule has 0 aliphatic heterocycles. The molecular formula is C18H17Cl2N3O4. The van der Waals surface area contributed by atoms with Gasteiger partial charge in [-0.05, 0) is 48.4 Å². The van der Waals surface area contributed by atoms with Crippen molar-refractivity contribution in [1.29, 1.82) is 0 Å². The van der Waals surface area contributed by atoms with Gasteiger partial charge in [-0.1, -0.05) is 29.3 Å². The molecule has 0 saturated heterocycles. The molecule has 27 heavy (non-hydrogen) atoms. The van der Waals surface area contributed by atoms with Crippen molar-refractivity contribution in [2.45, 2.75) is 13.5 Å². The number of rotatable bonds is 6. The second-order valence-corrected chi connectivity index (χ2v) is 6.12. The summed E-state index contributed by atoms with van der Waals surface area (Å²) >= 11 is 11.8. The van der Waals surface area contributed by atoms with Crippen molar-refractivity contribution >= 4 is 41.2 Å². The van der Waals surface area contributed by atoms with E-state index in [1.54, 1.807) is 37.3 Å². The first-order valence-electron chi connectivity index (χ1n) is 7.91. The van der Waals surface area contributed by atoms with Crippen LogP contribution in [0.3, 0.4) is 0 Å². The third-order valence-electron chi connectivity index (χ3n) is 3.32. The number of phenolic OH excluding ortho intramolecular Hbond substituents is 1. The number of aromatic hydroxyl groups is 1. The van der Waals surface area contributed by atoms with E-state index in [-0.39, 0.29) is 12.3 Å². The molecule has 2 aromatic rings. The van der Waals surface area contributed by atoms with Crippen molar-refractivity contribution in [3.05, 3.63) is 57.6 Å². The van der Waals surface area contributed by atoms with Crippen LogP contribution in [0.1, 0.15) is 18.1 Å². The highest BCUT2D eigenvalue weighted by molar-refractivity contribution is 6.36. The standard InChI is InChI=1S/C18H17Cl2N3O4/c1-2-27-16-7-11(3-6-15(16)24)9-22-23-18(26)17(25)21-10-12-4-5-13(19)8-14(12)20/h3-9,24H,2,10H2,1H3,(H,21,25)(H,23,26). The quantitative estimate of drug-likeness (QED) is 0.387. The summed E-state index contributed by atoms with van der Waals surface area (Å²) in [5.74, 6) is -1.50. The Balaban J connectivity index is 1.88. The van der Waals surface area contributed by atoms with Crippen LogP contribution in [0.4, 0.5) is 0 Å². The molecule has 2 amide bonds. The Morgan fingerprint density at radius 1 is 1.19 bits per heavy atom. The summed E-state index contributed by atoms with van der Waals surface area (Å²) in [6.07, 6.45) is 1.32. The number of ether oxygens (including phenoxy) is 1. The van der Waals surface area contributed by atoms with Crippen molar-refractivity contribution in [3.63, 3.8) is 0 Å². The fourth-order valence-corrected chi connectivity index (χ4v) is 2.49. The first-order valence-corrected chi connectivity index (χ1v) is 8.67. The van der Waals surface area contributed by atoms with Gasteiger partial charge in [0.1, 0.15) is 0 Å². The minimum Gasteiger partial charge on any atom is -0.504 e. The molecule has 2 rings (SSSR count). The molecule has 2 aromatic carbocycles. The van der Waals surface area contributed by atoms with E-state index in [0.29, 0.717) is 33.5 Å². The van der Waals surface area contributed by atoms with Crippen LogP contribution in [0.15, 0.2) is 41.5 Å². The lowest BCUT2D eigenvalue weighted by Gasteiger charge is -2.07. The molecule has 142 valence electrons. The van der Waals surface area contributed by atoms with Crippen molar-refractivity contribution in [2.24, 2.45) is 5.10 Å². The summed E-state index contributed by atoms with van der Waals surface area (Å²) in [4.78, 5) is 23.6. The first-order chi connectivity index (χ1) is 12.9. The normalized spacial score (nSPS) is 10.6. The number of benzene rings is 2. The maximum absolute atomic E-state index is 11.8. The lowest BCUT2D eigenvalue weighted by Crippen LogP contribution is -2.37. The number of carbonyl (C=O) groups excluding carboxylic acids is 2. The Morgan fingerprint density at radius 2 is 1.96 bits per heavy atom. The Labute approximate surface area is 165 Å². The second-order valence-electron chi connectivity index (χ2n) is 5.28. The van der Waals surface area contributed by atoms with E-state index in [2.05, 4.69) is 15.8 Å². The lowest BCUT2D eigenvalue weighted by atomic mass is 10.2. The number of halogens is 2. The summed E-state index contributed by atoms with van der Waals surface area (Å²) in [5, 5.41) is 16.6. The Kier molecular flexibility index (Phi) is 7.45. The zero-order valence-corrected chi connectivity index (χ0v) is 15.8. The van der Waals surface area contributed by atoms with Gasteiger partial charge in [0.15, 0.2) is 11.5 Å². The largest absolute Gasteiger partial charge is 0.504 e. The molecule has 0 heterocycles. The van der Waals surface area contributed by atoms with Crippen molar-refractivity contribution < 1.29 is 19.4 Å². The zero-order chi connectivity index (χ0) is 19.8. The van der Waals surface area contributed by atoms with Crippen LogP contribution in [0, 0.1) is 0 Å². The topological polar surface area (TPSA) is 100 Å². The number of nitrogens with zero attached hydrogens (tertiary/aromatic N) is 1. The van der Waals surface area contributed by atoms with E-state index in [4.69, 9.17) is 27.9 Å². The van der Waals surface area contributed by atoms with Gasteiger partial charge in [0.2, 0.25) is 0 Å². The highest BCUT2D eigenvalue weighted by atomic mass is 35.5. The number of nitrogens with one attached hydrogen (secondary N) is 2. The van der Waals surface area contributed by atoms with E-state index in [1.165, 1.54) is 12.3 Å². The van der Waals surface area contributed by atoms with Crippen LogP contribution in [0.5, 0.6) is 11.5 Å². The highest BCUT2D eigenvalue weighted by Gasteiger charge is 2.13. The van der Waals surface area contributed by atoms with Crippen LogP contribution in [0.25, 0.3) is 0 Å². The molecule has 9 heteroatoms. The number of hydrogen-bond acceptors (Lipinski definition) is 5. The number of phenols is 1. The summed E-state index contributed by atoms with van der Waals surface area (Å²) in [7, 11) is 0. The van der Waals surface area contributed by atoms with Gasteiger partial charge in [-0.15, -0.1) is 0 Å². The first kappa shape index (κ1) is 20.5. The Morgan fingerprint density at radius 3 is 2.67 bits per heavy atom. The number of amides is 2. The smallest absolute Gasteiger partial charge is 0.329 e.